The standard InChI is InChI=1S/C17H22N4O2S2/c1-13-16(20-25-19-13)11-24-12-17(22)18-15-4-2-3-14(9-15)10-21-5-7-23-8-6-21/h2-4,9H,5-8,10-12H2,1H3,(H,18,22). The van der Waals surface area contributed by atoms with E-state index in [1.54, 1.807) is 11.8 Å². The number of nitrogens with zero attached hydrogens (tertiary/aromatic N) is 3. The SMILES string of the molecule is Cc1nsnc1CSCC(=O)Nc1cccc(CN2CCOCC2)c1. The highest BCUT2D eigenvalue weighted by Crippen LogP contribution is 2.16. The fourth-order valence-corrected chi connectivity index (χ4v) is 4.05. The van der Waals surface area contributed by atoms with Crippen LogP contribution in [0.3, 0.4) is 0 Å². The number of morpholine rings is 1. The predicted octanol–water partition coefficient (Wildman–Crippen LogP) is 2.55. The summed E-state index contributed by atoms with van der Waals surface area (Å²) in [6.45, 7) is 6.33. The summed E-state index contributed by atoms with van der Waals surface area (Å²) < 4.78 is 13.7. The third-order valence-corrected chi connectivity index (χ3v) is 5.54. The molecule has 0 aliphatic carbocycles. The van der Waals surface area contributed by atoms with Gasteiger partial charge >= 0.3 is 0 Å². The van der Waals surface area contributed by atoms with Gasteiger partial charge in [0, 0.05) is 31.1 Å². The lowest BCUT2D eigenvalue weighted by Crippen LogP contribution is -2.35. The van der Waals surface area contributed by atoms with Crippen molar-refractivity contribution >= 4 is 35.1 Å². The first-order valence-electron chi connectivity index (χ1n) is 8.25. The number of ether oxygens (including phenoxy) is 1. The minimum absolute atomic E-state index is 0.00867. The van der Waals surface area contributed by atoms with Gasteiger partial charge in [0.2, 0.25) is 5.91 Å². The van der Waals surface area contributed by atoms with Crippen molar-refractivity contribution in [3.05, 3.63) is 41.2 Å². The van der Waals surface area contributed by atoms with Gasteiger partial charge in [0.1, 0.15) is 0 Å². The van der Waals surface area contributed by atoms with E-state index in [0.29, 0.717) is 11.5 Å². The number of aromatic nitrogens is 2. The zero-order valence-electron chi connectivity index (χ0n) is 14.2. The number of aryl methyl sites for hydroxylation is 1. The van der Waals surface area contributed by atoms with Crippen LogP contribution in [0.5, 0.6) is 0 Å². The summed E-state index contributed by atoms with van der Waals surface area (Å²) in [6, 6.07) is 8.06. The summed E-state index contributed by atoms with van der Waals surface area (Å²) in [5.74, 6) is 1.13. The highest BCUT2D eigenvalue weighted by atomic mass is 32.2. The van der Waals surface area contributed by atoms with Crippen LogP contribution in [0.25, 0.3) is 0 Å². The van der Waals surface area contributed by atoms with E-state index in [0.717, 1.165) is 49.9 Å². The molecule has 1 aromatic heterocycles. The quantitative estimate of drug-likeness (QED) is 0.799. The average molecular weight is 379 g/mol. The lowest BCUT2D eigenvalue weighted by molar-refractivity contribution is -0.113. The molecule has 1 aliphatic heterocycles. The molecule has 0 saturated carbocycles. The van der Waals surface area contributed by atoms with Crippen LogP contribution in [0.2, 0.25) is 0 Å². The molecule has 1 fully saturated rings. The number of rotatable bonds is 7. The first-order chi connectivity index (χ1) is 12.2. The van der Waals surface area contributed by atoms with Crippen molar-refractivity contribution in [2.24, 2.45) is 0 Å². The molecule has 0 unspecified atom stereocenters. The molecule has 25 heavy (non-hydrogen) atoms. The molecule has 8 heteroatoms. The van der Waals surface area contributed by atoms with Gasteiger partial charge in [-0.3, -0.25) is 9.69 Å². The summed E-state index contributed by atoms with van der Waals surface area (Å²) in [4.78, 5) is 14.5. The van der Waals surface area contributed by atoms with E-state index in [2.05, 4.69) is 25.0 Å². The summed E-state index contributed by atoms with van der Waals surface area (Å²) in [5.41, 5.74) is 3.98. The van der Waals surface area contributed by atoms with Crippen molar-refractivity contribution in [1.29, 1.82) is 0 Å². The Bertz CT molecular complexity index is 701. The van der Waals surface area contributed by atoms with Crippen LogP contribution in [-0.2, 0) is 21.8 Å². The minimum atomic E-state index is 0.00867. The van der Waals surface area contributed by atoms with Crippen LogP contribution < -0.4 is 5.32 Å². The van der Waals surface area contributed by atoms with E-state index in [9.17, 15) is 4.79 Å². The number of benzene rings is 1. The van der Waals surface area contributed by atoms with Crippen LogP contribution in [0, 0.1) is 6.92 Å². The average Bonchev–Trinajstić information content (AvgIpc) is 3.01. The normalized spacial score (nSPS) is 15.2. The number of anilines is 1. The maximum Gasteiger partial charge on any atom is 0.234 e. The summed E-state index contributed by atoms with van der Waals surface area (Å²) >= 11 is 2.77. The lowest BCUT2D eigenvalue weighted by Gasteiger charge is -2.26. The largest absolute Gasteiger partial charge is 0.379 e. The number of hydrogen-bond acceptors (Lipinski definition) is 7. The van der Waals surface area contributed by atoms with Crippen LogP contribution in [0.15, 0.2) is 24.3 Å². The number of nitrogens with one attached hydrogen (secondary N) is 1. The number of thioether (sulfide) groups is 1. The molecule has 3 rings (SSSR count). The third kappa shape index (κ3) is 5.78. The van der Waals surface area contributed by atoms with E-state index in [4.69, 9.17) is 4.74 Å². The van der Waals surface area contributed by atoms with Crippen LogP contribution >= 0.6 is 23.5 Å². The zero-order chi connectivity index (χ0) is 17.5. The molecule has 2 heterocycles. The van der Waals surface area contributed by atoms with Gasteiger partial charge in [-0.15, -0.1) is 11.8 Å². The summed E-state index contributed by atoms with van der Waals surface area (Å²) in [7, 11) is 0. The fraction of sp³-hybridized carbons (Fsp3) is 0.471. The molecule has 0 atom stereocenters. The first-order valence-corrected chi connectivity index (χ1v) is 10.1. The van der Waals surface area contributed by atoms with Gasteiger partial charge in [0.25, 0.3) is 0 Å². The molecule has 0 radical (unpaired) electrons. The Hall–Kier alpha value is -1.48. The van der Waals surface area contributed by atoms with Crippen molar-refractivity contribution in [3.8, 4) is 0 Å². The Balaban J connectivity index is 1.46. The van der Waals surface area contributed by atoms with Crippen molar-refractivity contribution in [3.63, 3.8) is 0 Å². The van der Waals surface area contributed by atoms with Gasteiger partial charge in [0.15, 0.2) is 0 Å². The minimum Gasteiger partial charge on any atom is -0.379 e. The second-order valence-corrected chi connectivity index (χ2v) is 7.44. The number of carbonyl (C=O) groups is 1. The lowest BCUT2D eigenvalue weighted by atomic mass is 10.2. The second-order valence-electron chi connectivity index (χ2n) is 5.93. The zero-order valence-corrected chi connectivity index (χ0v) is 15.9. The van der Waals surface area contributed by atoms with Crippen molar-refractivity contribution in [1.82, 2.24) is 13.6 Å². The van der Waals surface area contributed by atoms with Crippen molar-refractivity contribution < 1.29 is 9.53 Å². The molecule has 1 amide bonds. The number of carbonyl (C=O) groups excluding carboxylic acids is 1. The van der Waals surface area contributed by atoms with Gasteiger partial charge in [-0.2, -0.15) is 8.75 Å². The van der Waals surface area contributed by atoms with Gasteiger partial charge in [0.05, 0.1) is 42.1 Å². The predicted molar refractivity (Wildman–Crippen MR) is 102 cm³/mol. The van der Waals surface area contributed by atoms with E-state index < -0.39 is 0 Å². The summed E-state index contributed by atoms with van der Waals surface area (Å²) in [6.07, 6.45) is 0. The van der Waals surface area contributed by atoms with E-state index in [1.165, 1.54) is 17.3 Å². The molecule has 1 aromatic carbocycles. The molecule has 2 aromatic rings. The molecule has 1 N–H and O–H groups in total. The molecule has 1 aliphatic rings. The van der Waals surface area contributed by atoms with E-state index >= 15 is 0 Å². The Labute approximate surface area is 156 Å². The molecular formula is C17H22N4O2S2. The number of amides is 1. The van der Waals surface area contributed by atoms with Crippen molar-refractivity contribution in [2.45, 2.75) is 19.2 Å². The molecule has 6 nitrogen and oxygen atoms in total. The van der Waals surface area contributed by atoms with Gasteiger partial charge in [-0.25, -0.2) is 0 Å². The molecule has 0 bridgehead atoms. The monoisotopic (exact) mass is 378 g/mol. The Morgan fingerprint density at radius 1 is 1.36 bits per heavy atom. The van der Waals surface area contributed by atoms with E-state index in [-0.39, 0.29) is 5.91 Å². The van der Waals surface area contributed by atoms with Crippen LogP contribution in [0.1, 0.15) is 17.0 Å². The Morgan fingerprint density at radius 3 is 2.96 bits per heavy atom. The van der Waals surface area contributed by atoms with Crippen molar-refractivity contribution in [2.75, 3.05) is 37.4 Å². The van der Waals surface area contributed by atoms with Gasteiger partial charge < -0.3 is 10.1 Å². The topological polar surface area (TPSA) is 67.4 Å². The first kappa shape index (κ1) is 18.3. The molecular weight excluding hydrogens is 356 g/mol. The second kappa shape index (κ2) is 9.28. The van der Waals surface area contributed by atoms with Gasteiger partial charge in [-0.05, 0) is 24.6 Å². The smallest absolute Gasteiger partial charge is 0.234 e. The molecule has 134 valence electrons. The Morgan fingerprint density at radius 2 is 2.20 bits per heavy atom. The summed E-state index contributed by atoms with van der Waals surface area (Å²) in [5, 5.41) is 2.98. The van der Waals surface area contributed by atoms with Gasteiger partial charge in [-0.1, -0.05) is 12.1 Å². The third-order valence-electron chi connectivity index (χ3n) is 3.94. The highest BCUT2D eigenvalue weighted by Gasteiger charge is 2.11. The number of hydrogen-bond donors (Lipinski definition) is 1. The fourth-order valence-electron chi connectivity index (χ4n) is 2.58. The maximum absolute atomic E-state index is 12.1. The maximum atomic E-state index is 12.1. The van der Waals surface area contributed by atoms with Crippen LogP contribution in [-0.4, -0.2) is 51.6 Å². The Kier molecular flexibility index (Phi) is 6.80. The highest BCUT2D eigenvalue weighted by molar-refractivity contribution is 7.99. The van der Waals surface area contributed by atoms with E-state index in [1.807, 2.05) is 25.1 Å². The molecule has 1 saturated heterocycles. The molecule has 0 spiro atoms. The van der Waals surface area contributed by atoms with Crippen LogP contribution in [0.4, 0.5) is 5.69 Å².